The summed E-state index contributed by atoms with van der Waals surface area (Å²) in [6.07, 6.45) is 11.3. The van der Waals surface area contributed by atoms with Gasteiger partial charge in [0.1, 0.15) is 11.9 Å². The number of allylic oxidation sites excluding steroid dienone is 1. The molecule has 6 heterocycles. The maximum atomic E-state index is 14.3. The number of aromatic amines is 1. The van der Waals surface area contributed by atoms with Gasteiger partial charge in [-0.3, -0.25) is 19.4 Å². The fraction of sp³-hybridized carbons (Fsp3) is 0.542. The van der Waals surface area contributed by atoms with Crippen molar-refractivity contribution in [1.82, 2.24) is 25.1 Å². The van der Waals surface area contributed by atoms with Gasteiger partial charge in [-0.05, 0) is 91.4 Å². The van der Waals surface area contributed by atoms with Crippen molar-refractivity contribution >= 4 is 35.3 Å². The number of likely N-dealkylation sites (tertiary alicyclic amines) is 2. The Balaban J connectivity index is 0.797. The first-order valence-electron chi connectivity index (χ1n) is 22.5. The third-order valence-electron chi connectivity index (χ3n) is 14.6. The number of methoxy groups -OCH3 is 2. The molecule has 2 N–H and O–H groups in total. The number of fused-ring (bicyclic) bond motifs is 2. The Kier molecular flexibility index (Phi) is 11.2. The lowest BCUT2D eigenvalue weighted by molar-refractivity contribution is -0.150. The summed E-state index contributed by atoms with van der Waals surface area (Å²) in [6.45, 7) is 2.29. The summed E-state index contributed by atoms with van der Waals surface area (Å²) >= 11 is 0. The molecule has 14 heteroatoms. The zero-order chi connectivity index (χ0) is 42.5. The summed E-state index contributed by atoms with van der Waals surface area (Å²) < 4.78 is 21.4. The number of carbonyl (C=O) groups excluding carboxylic acids is 4. The molecule has 6 fully saturated rings. The Morgan fingerprint density at radius 1 is 0.774 bits per heavy atom. The van der Waals surface area contributed by atoms with E-state index in [1.165, 1.54) is 14.2 Å². The van der Waals surface area contributed by atoms with Crippen molar-refractivity contribution in [2.75, 3.05) is 40.6 Å². The lowest BCUT2D eigenvalue weighted by Crippen LogP contribution is -2.54. The van der Waals surface area contributed by atoms with E-state index in [4.69, 9.17) is 28.9 Å². The van der Waals surface area contributed by atoms with E-state index >= 15 is 0 Å². The number of benzene rings is 2. The van der Waals surface area contributed by atoms with Gasteiger partial charge in [-0.1, -0.05) is 54.6 Å². The molecular formula is C48H56N6O8. The molecule has 3 amide bonds. The molecule has 1 aromatic heterocycles. The summed E-state index contributed by atoms with van der Waals surface area (Å²) in [5.41, 5.74) is 7.02. The van der Waals surface area contributed by atoms with E-state index in [0.29, 0.717) is 44.7 Å². The van der Waals surface area contributed by atoms with Crippen LogP contribution in [0.3, 0.4) is 0 Å². The fourth-order valence-corrected chi connectivity index (χ4v) is 11.0. The Labute approximate surface area is 361 Å². The predicted molar refractivity (Wildman–Crippen MR) is 229 cm³/mol. The van der Waals surface area contributed by atoms with Gasteiger partial charge < -0.3 is 39.0 Å². The van der Waals surface area contributed by atoms with Crippen LogP contribution in [0.4, 0.5) is 4.79 Å². The smallest absolute Gasteiger partial charge is 0.407 e. The Bertz CT molecular complexity index is 2240. The molecule has 326 valence electrons. The van der Waals surface area contributed by atoms with Crippen LogP contribution in [-0.2, 0) is 33.3 Å². The summed E-state index contributed by atoms with van der Waals surface area (Å²) in [4.78, 5) is 70.8. The number of esters is 1. The van der Waals surface area contributed by atoms with Gasteiger partial charge in [-0.2, -0.15) is 0 Å². The molecule has 0 unspecified atom stereocenters. The van der Waals surface area contributed by atoms with E-state index < -0.39 is 18.1 Å². The summed E-state index contributed by atoms with van der Waals surface area (Å²) in [7, 11) is 2.70. The highest BCUT2D eigenvalue weighted by Gasteiger charge is 2.58. The largest absolute Gasteiger partial charge is 0.469 e. The van der Waals surface area contributed by atoms with Gasteiger partial charge in [0.2, 0.25) is 11.8 Å². The first kappa shape index (κ1) is 40.7. The molecule has 0 radical (unpaired) electrons. The predicted octanol–water partition coefficient (Wildman–Crippen LogP) is 6.34. The van der Waals surface area contributed by atoms with Crippen LogP contribution < -0.4 is 5.32 Å². The highest BCUT2D eigenvalue weighted by atomic mass is 16.5. The first-order valence-corrected chi connectivity index (χ1v) is 22.5. The number of H-pyrrole nitrogens is 1. The van der Waals surface area contributed by atoms with Gasteiger partial charge >= 0.3 is 12.1 Å². The Morgan fingerprint density at radius 2 is 1.39 bits per heavy atom. The molecule has 10 rings (SSSR count). The molecule has 0 bridgehead atoms. The van der Waals surface area contributed by atoms with Crippen LogP contribution >= 0.6 is 0 Å². The highest BCUT2D eigenvalue weighted by Crippen LogP contribution is 2.54. The first-order chi connectivity index (χ1) is 30.3. The number of hydrogen-bond acceptors (Lipinski definition) is 10. The van der Waals surface area contributed by atoms with E-state index in [-0.39, 0.29) is 60.2 Å². The second-order valence-corrected chi connectivity index (χ2v) is 18.3. The Hall–Kier alpha value is -5.34. The second-order valence-electron chi connectivity index (χ2n) is 18.3. The van der Waals surface area contributed by atoms with Crippen molar-refractivity contribution in [2.45, 2.75) is 94.4 Å². The van der Waals surface area contributed by atoms with Gasteiger partial charge in [0, 0.05) is 43.3 Å². The van der Waals surface area contributed by atoms with E-state index in [1.807, 2.05) is 11.1 Å². The number of aromatic nitrogens is 2. The molecule has 2 aliphatic carbocycles. The molecule has 14 nitrogen and oxygen atoms in total. The summed E-state index contributed by atoms with van der Waals surface area (Å²) in [5, 5.41) is 2.83. The third-order valence-corrected chi connectivity index (χ3v) is 14.6. The van der Waals surface area contributed by atoms with E-state index in [9.17, 15) is 19.2 Å². The molecule has 2 aromatic carbocycles. The van der Waals surface area contributed by atoms with Crippen molar-refractivity contribution in [3.63, 3.8) is 0 Å². The van der Waals surface area contributed by atoms with Gasteiger partial charge in [0.25, 0.3) is 0 Å². The molecule has 2 saturated carbocycles. The summed E-state index contributed by atoms with van der Waals surface area (Å²) in [6, 6.07) is 16.3. The van der Waals surface area contributed by atoms with E-state index in [1.54, 1.807) is 0 Å². The molecule has 0 spiro atoms. The van der Waals surface area contributed by atoms with Crippen molar-refractivity contribution in [2.24, 2.45) is 34.6 Å². The maximum Gasteiger partial charge on any atom is 0.407 e. The highest BCUT2D eigenvalue weighted by molar-refractivity contribution is 6.02. The minimum atomic E-state index is -0.715. The number of nitrogens with one attached hydrogen (secondary N) is 2. The van der Waals surface area contributed by atoms with Crippen LogP contribution in [0.5, 0.6) is 0 Å². The SMILES string of the molecule is COC(=O)C[C@H](C(=O)N1[C@@H]2C[C@@H]2C[C@H]1C1=NC(c2ccc(-c3ccc(-c4cnc([C@@H]5C[C@H]6C[C@H]6N5C(=O)[C@@H](NC(=O)OC)[C@@H]5CCCOC5)[nH]4)cc3)cc2)=CC1)[C@@H]1CCCOC1. The van der Waals surface area contributed by atoms with Crippen LogP contribution in [0.2, 0.25) is 0 Å². The minimum absolute atomic E-state index is 0.0127. The number of carbonyl (C=O) groups is 4. The molecule has 5 aliphatic heterocycles. The molecule has 3 aromatic rings. The number of nitrogens with zero attached hydrogens (tertiary/aromatic N) is 4. The maximum absolute atomic E-state index is 14.3. The molecule has 62 heavy (non-hydrogen) atoms. The van der Waals surface area contributed by atoms with Crippen LogP contribution in [0.1, 0.15) is 81.6 Å². The van der Waals surface area contributed by atoms with Crippen molar-refractivity contribution < 1.29 is 38.1 Å². The number of rotatable bonds is 12. The lowest BCUT2D eigenvalue weighted by Gasteiger charge is -2.35. The normalized spacial score (nSPS) is 29.5. The fourth-order valence-electron chi connectivity index (χ4n) is 11.0. The van der Waals surface area contributed by atoms with Crippen molar-refractivity contribution in [3.8, 4) is 22.4 Å². The summed E-state index contributed by atoms with van der Waals surface area (Å²) in [5.74, 6) is 0.744. The second kappa shape index (κ2) is 17.1. The molecule has 10 atom stereocenters. The monoisotopic (exact) mass is 844 g/mol. The van der Waals surface area contributed by atoms with Gasteiger partial charge in [-0.25, -0.2) is 9.78 Å². The third kappa shape index (κ3) is 7.95. The molecule has 4 saturated heterocycles. The number of ether oxygens (including phenoxy) is 4. The Morgan fingerprint density at radius 3 is 2.02 bits per heavy atom. The van der Waals surface area contributed by atoms with Crippen molar-refractivity contribution in [3.05, 3.63) is 72.2 Å². The van der Waals surface area contributed by atoms with Crippen LogP contribution in [0.25, 0.3) is 28.1 Å². The number of aliphatic imine (C=N–C) groups is 1. The van der Waals surface area contributed by atoms with Crippen LogP contribution in [0.15, 0.2) is 65.8 Å². The van der Waals surface area contributed by atoms with Crippen LogP contribution in [-0.4, -0.2) is 114 Å². The number of piperidine rings is 2. The quantitative estimate of drug-likeness (QED) is 0.198. The standard InChI is InChI=1S/C48H56N6O8/c1-59-43(55)23-35(31-5-3-17-61-25-31)46(56)53-39-19-33(39)21-41(53)37-16-15-36(50-37)29-11-7-27(8-12-29)28-9-13-30(14-10-28)38-24-49-45(51-38)42-22-34-20-40(34)54(42)47(57)44(52-48(58)60-2)32-6-4-18-62-26-32/h7-15,24,31-35,39-42,44H,3-6,16-23,25-26H2,1-2H3,(H,49,51)(H,52,58)/t31-,32-,33-,34-,35+,39-,40-,41+,42+,44+/m1/s1. The van der Waals surface area contributed by atoms with Crippen molar-refractivity contribution in [1.29, 1.82) is 0 Å². The average Bonchev–Trinajstić information content (AvgIpc) is 3.90. The molecular weight excluding hydrogens is 789 g/mol. The van der Waals surface area contributed by atoms with E-state index in [0.717, 1.165) is 96.5 Å². The average molecular weight is 845 g/mol. The zero-order valence-electron chi connectivity index (χ0n) is 35.5. The lowest BCUT2D eigenvalue weighted by atomic mass is 9.84. The zero-order valence-corrected chi connectivity index (χ0v) is 35.5. The molecule has 7 aliphatic rings. The van der Waals surface area contributed by atoms with Gasteiger partial charge in [0.05, 0.1) is 69.4 Å². The number of hydrogen-bond donors (Lipinski definition) is 2. The van der Waals surface area contributed by atoms with Gasteiger partial charge in [0.15, 0.2) is 0 Å². The number of amides is 3. The number of imidazole rings is 1. The minimum Gasteiger partial charge on any atom is -0.469 e. The topological polar surface area (TPSA) is 165 Å². The number of alkyl carbamates (subject to hydrolysis) is 1. The van der Waals surface area contributed by atoms with Gasteiger partial charge in [-0.15, -0.1) is 0 Å². The van der Waals surface area contributed by atoms with E-state index in [2.05, 4.69) is 69.8 Å². The van der Waals surface area contributed by atoms with Crippen LogP contribution in [0, 0.1) is 29.6 Å².